The minimum absolute atomic E-state index is 0.0350. The molecule has 3 rings (SSSR count). The van der Waals surface area contributed by atoms with Crippen LogP contribution >= 0.6 is 0 Å². The molecule has 6 nitrogen and oxygen atoms in total. The molecule has 0 spiro atoms. The number of urea groups is 1. The number of hydrogen-bond donors (Lipinski definition) is 1. The molecule has 140 valence electrons. The van der Waals surface area contributed by atoms with Gasteiger partial charge in [0.25, 0.3) is 0 Å². The van der Waals surface area contributed by atoms with Crippen LogP contribution in [-0.4, -0.2) is 40.7 Å². The molecule has 2 aromatic rings. The molecule has 3 atom stereocenters. The molecule has 2 heterocycles. The number of hydrogen-bond acceptors (Lipinski definition) is 3. The van der Waals surface area contributed by atoms with E-state index in [2.05, 4.69) is 24.1 Å². The third-order valence-electron chi connectivity index (χ3n) is 4.99. The maximum Gasteiger partial charge on any atom is 0.318 e. The van der Waals surface area contributed by atoms with Crippen molar-refractivity contribution >= 4 is 6.03 Å². The lowest BCUT2D eigenvalue weighted by molar-refractivity contribution is 0.144. The number of likely N-dealkylation sites (tertiary alicyclic amines) is 1. The zero-order valence-corrected chi connectivity index (χ0v) is 16.0. The number of nitrogens with one attached hydrogen (secondary N) is 1. The summed E-state index contributed by atoms with van der Waals surface area (Å²) in [6.07, 6.45) is 4.82. The number of rotatable bonds is 4. The van der Waals surface area contributed by atoms with Gasteiger partial charge < -0.3 is 19.5 Å². The van der Waals surface area contributed by atoms with E-state index >= 15 is 0 Å². The SMILES string of the molecule is COc1ccc(C(NC(=O)N2CC(C)CC(C)C2)c2nccn2C)cc1. The maximum atomic E-state index is 13.0. The predicted octanol–water partition coefficient (Wildman–Crippen LogP) is 3.21. The van der Waals surface area contributed by atoms with E-state index < -0.39 is 0 Å². The molecular formula is C20H28N4O2. The van der Waals surface area contributed by atoms with Gasteiger partial charge in [-0.3, -0.25) is 0 Å². The van der Waals surface area contributed by atoms with Crippen LogP contribution in [-0.2, 0) is 7.05 Å². The summed E-state index contributed by atoms with van der Waals surface area (Å²) in [5.41, 5.74) is 0.978. The van der Waals surface area contributed by atoms with Crippen LogP contribution in [0.4, 0.5) is 4.79 Å². The van der Waals surface area contributed by atoms with Crippen LogP contribution < -0.4 is 10.1 Å². The zero-order chi connectivity index (χ0) is 18.7. The smallest absolute Gasteiger partial charge is 0.318 e. The van der Waals surface area contributed by atoms with Crippen molar-refractivity contribution < 1.29 is 9.53 Å². The first-order chi connectivity index (χ1) is 12.5. The Bertz CT molecular complexity index is 731. The fourth-order valence-electron chi connectivity index (χ4n) is 3.79. The summed E-state index contributed by atoms with van der Waals surface area (Å²) in [6, 6.07) is 7.42. The summed E-state index contributed by atoms with van der Waals surface area (Å²) < 4.78 is 7.19. The molecule has 1 N–H and O–H groups in total. The largest absolute Gasteiger partial charge is 0.497 e. The lowest BCUT2D eigenvalue weighted by atomic mass is 9.92. The Hall–Kier alpha value is -2.50. The number of nitrogens with zero attached hydrogens (tertiary/aromatic N) is 3. The summed E-state index contributed by atoms with van der Waals surface area (Å²) in [4.78, 5) is 19.3. The second-order valence-electron chi connectivity index (χ2n) is 7.40. The summed E-state index contributed by atoms with van der Waals surface area (Å²) in [7, 11) is 3.59. The molecule has 1 saturated heterocycles. The normalized spacial score (nSPS) is 21.3. The first kappa shape index (κ1) is 18.3. The van der Waals surface area contributed by atoms with E-state index in [1.54, 1.807) is 13.3 Å². The van der Waals surface area contributed by atoms with E-state index in [9.17, 15) is 4.79 Å². The highest BCUT2D eigenvalue weighted by atomic mass is 16.5. The topological polar surface area (TPSA) is 59.4 Å². The number of ether oxygens (including phenoxy) is 1. The number of carbonyl (C=O) groups excluding carboxylic acids is 1. The monoisotopic (exact) mass is 356 g/mol. The minimum atomic E-state index is -0.305. The lowest BCUT2D eigenvalue weighted by Gasteiger charge is -2.36. The molecule has 1 aliphatic rings. The molecule has 0 aliphatic carbocycles. The van der Waals surface area contributed by atoms with Crippen LogP contribution in [0.15, 0.2) is 36.7 Å². The van der Waals surface area contributed by atoms with Crippen LogP contribution in [0.5, 0.6) is 5.75 Å². The molecule has 26 heavy (non-hydrogen) atoms. The Morgan fingerprint density at radius 2 is 1.88 bits per heavy atom. The van der Waals surface area contributed by atoms with Crippen molar-refractivity contribution in [2.75, 3.05) is 20.2 Å². The Morgan fingerprint density at radius 1 is 1.23 bits per heavy atom. The third kappa shape index (κ3) is 4.00. The fraction of sp³-hybridized carbons (Fsp3) is 0.500. The van der Waals surface area contributed by atoms with Crippen molar-refractivity contribution in [3.8, 4) is 5.75 Å². The van der Waals surface area contributed by atoms with Gasteiger partial charge in [0.1, 0.15) is 17.6 Å². The van der Waals surface area contributed by atoms with E-state index in [1.807, 2.05) is 47.0 Å². The highest BCUT2D eigenvalue weighted by Crippen LogP contribution is 2.25. The molecule has 3 unspecified atom stereocenters. The lowest BCUT2D eigenvalue weighted by Crippen LogP contribution is -2.48. The van der Waals surface area contributed by atoms with Gasteiger partial charge in [-0.05, 0) is 36.0 Å². The highest BCUT2D eigenvalue weighted by Gasteiger charge is 2.28. The van der Waals surface area contributed by atoms with Crippen molar-refractivity contribution in [1.29, 1.82) is 0 Å². The van der Waals surface area contributed by atoms with Gasteiger partial charge in [-0.2, -0.15) is 0 Å². The van der Waals surface area contributed by atoms with Crippen molar-refractivity contribution in [2.45, 2.75) is 26.3 Å². The van der Waals surface area contributed by atoms with Crippen molar-refractivity contribution in [3.63, 3.8) is 0 Å². The van der Waals surface area contributed by atoms with Gasteiger partial charge in [0.15, 0.2) is 0 Å². The average Bonchev–Trinajstić information content (AvgIpc) is 3.04. The number of aromatic nitrogens is 2. The number of aryl methyl sites for hydroxylation is 1. The van der Waals surface area contributed by atoms with E-state index in [0.29, 0.717) is 11.8 Å². The predicted molar refractivity (Wildman–Crippen MR) is 101 cm³/mol. The second kappa shape index (κ2) is 7.81. The maximum absolute atomic E-state index is 13.0. The van der Waals surface area contributed by atoms with E-state index in [4.69, 9.17) is 4.74 Å². The zero-order valence-electron chi connectivity index (χ0n) is 16.0. The van der Waals surface area contributed by atoms with Gasteiger partial charge in [0.2, 0.25) is 0 Å². The Kier molecular flexibility index (Phi) is 5.49. The molecule has 2 amide bonds. The molecule has 0 bridgehead atoms. The molecule has 1 fully saturated rings. The molecule has 1 aliphatic heterocycles. The Morgan fingerprint density at radius 3 is 2.42 bits per heavy atom. The highest BCUT2D eigenvalue weighted by molar-refractivity contribution is 5.75. The van der Waals surface area contributed by atoms with Crippen molar-refractivity contribution in [2.24, 2.45) is 18.9 Å². The third-order valence-corrected chi connectivity index (χ3v) is 4.99. The number of methoxy groups -OCH3 is 1. The number of amides is 2. The standard InChI is InChI=1S/C20H28N4O2/c1-14-11-15(2)13-24(12-14)20(25)22-18(19-21-9-10-23(19)3)16-5-7-17(26-4)8-6-16/h5-10,14-15,18H,11-13H2,1-4H3,(H,22,25). The van der Waals surface area contributed by atoms with Crippen molar-refractivity contribution in [3.05, 3.63) is 48.0 Å². The molecule has 0 saturated carbocycles. The molecule has 1 aromatic heterocycles. The van der Waals surface area contributed by atoms with Gasteiger partial charge in [0, 0.05) is 32.5 Å². The van der Waals surface area contributed by atoms with Crippen LogP contribution in [0.1, 0.15) is 37.7 Å². The van der Waals surface area contributed by atoms with Gasteiger partial charge >= 0.3 is 6.03 Å². The number of imidazole rings is 1. The Labute approximate surface area is 155 Å². The molecule has 1 aromatic carbocycles. The minimum Gasteiger partial charge on any atom is -0.497 e. The van der Waals surface area contributed by atoms with Crippen LogP contribution in [0.2, 0.25) is 0 Å². The van der Waals surface area contributed by atoms with Gasteiger partial charge in [-0.15, -0.1) is 0 Å². The quantitative estimate of drug-likeness (QED) is 0.915. The number of carbonyl (C=O) groups is 1. The summed E-state index contributed by atoms with van der Waals surface area (Å²) in [5, 5.41) is 3.19. The first-order valence-electron chi connectivity index (χ1n) is 9.14. The van der Waals surface area contributed by atoms with E-state index in [1.165, 1.54) is 6.42 Å². The molecule has 0 radical (unpaired) electrons. The van der Waals surface area contributed by atoms with Gasteiger partial charge in [-0.25, -0.2) is 9.78 Å². The van der Waals surface area contributed by atoms with E-state index in [-0.39, 0.29) is 12.1 Å². The van der Waals surface area contributed by atoms with Crippen LogP contribution in [0, 0.1) is 11.8 Å². The van der Waals surface area contributed by atoms with Gasteiger partial charge in [0.05, 0.1) is 7.11 Å². The first-order valence-corrected chi connectivity index (χ1v) is 9.14. The van der Waals surface area contributed by atoms with Gasteiger partial charge in [-0.1, -0.05) is 26.0 Å². The van der Waals surface area contributed by atoms with Crippen LogP contribution in [0.3, 0.4) is 0 Å². The number of piperidine rings is 1. The van der Waals surface area contributed by atoms with Crippen molar-refractivity contribution in [1.82, 2.24) is 19.8 Å². The Balaban J connectivity index is 1.84. The summed E-state index contributed by atoms with van der Waals surface area (Å²) in [6.45, 7) is 6.00. The second-order valence-corrected chi connectivity index (χ2v) is 7.40. The van der Waals surface area contributed by atoms with Crippen LogP contribution in [0.25, 0.3) is 0 Å². The number of benzene rings is 1. The molecule has 6 heteroatoms. The summed E-state index contributed by atoms with van der Waals surface area (Å²) in [5.74, 6) is 2.65. The van der Waals surface area contributed by atoms with E-state index in [0.717, 1.165) is 30.2 Å². The summed E-state index contributed by atoms with van der Waals surface area (Å²) >= 11 is 0. The average molecular weight is 356 g/mol. The fourth-order valence-corrected chi connectivity index (χ4v) is 3.79. The molecular weight excluding hydrogens is 328 g/mol.